The van der Waals surface area contributed by atoms with Crippen LogP contribution in [0.1, 0.15) is 43.0 Å². The highest BCUT2D eigenvalue weighted by Gasteiger charge is 2.37. The molecule has 0 saturated carbocycles. The molecule has 2 aromatic carbocycles. The third kappa shape index (κ3) is 2.97. The molecular formula is C22H23N3OS2. The van der Waals surface area contributed by atoms with Gasteiger partial charge in [0.1, 0.15) is 9.64 Å². The first kappa shape index (κ1) is 18.9. The van der Waals surface area contributed by atoms with E-state index < -0.39 is 0 Å². The number of carbonyl (C=O) groups is 1. The number of benzene rings is 2. The molecule has 0 radical (unpaired) electrons. The van der Waals surface area contributed by atoms with E-state index in [2.05, 4.69) is 65.7 Å². The van der Waals surface area contributed by atoms with Crippen molar-refractivity contribution in [2.24, 2.45) is 0 Å². The number of hydrogen-bond acceptors (Lipinski definition) is 4. The molecule has 28 heavy (non-hydrogen) atoms. The van der Waals surface area contributed by atoms with Gasteiger partial charge in [-0.1, -0.05) is 49.8 Å². The van der Waals surface area contributed by atoms with Crippen LogP contribution in [-0.4, -0.2) is 9.86 Å². The topological polar surface area (TPSA) is 46.1 Å². The standard InChI is InChI=1S/C22H23N3OS2/c1-12-6-8-15(9-7-12)25-21(27)19-20(28-25)24-18-11-17(23-14(3)26)13(2)10-16(18)22(19,4)5/h6-11,24H,1-5H3,(H,23,26). The van der Waals surface area contributed by atoms with E-state index >= 15 is 0 Å². The molecule has 0 aliphatic carbocycles. The van der Waals surface area contributed by atoms with Crippen molar-refractivity contribution in [3.8, 4) is 5.69 Å². The molecule has 2 N–H and O–H groups in total. The van der Waals surface area contributed by atoms with Crippen LogP contribution in [0.4, 0.5) is 16.4 Å². The second kappa shape index (κ2) is 6.57. The number of aromatic nitrogens is 1. The minimum atomic E-state index is -0.237. The molecule has 0 spiro atoms. The molecular weight excluding hydrogens is 386 g/mol. The van der Waals surface area contributed by atoms with E-state index in [4.69, 9.17) is 12.2 Å². The molecule has 1 aromatic heterocycles. The highest BCUT2D eigenvalue weighted by Crippen LogP contribution is 2.50. The fourth-order valence-corrected chi connectivity index (χ4v) is 5.60. The predicted molar refractivity (Wildman–Crippen MR) is 120 cm³/mol. The van der Waals surface area contributed by atoms with Crippen molar-refractivity contribution in [2.75, 3.05) is 10.6 Å². The molecule has 0 unspecified atom stereocenters. The smallest absolute Gasteiger partial charge is 0.221 e. The lowest BCUT2D eigenvalue weighted by Crippen LogP contribution is -2.26. The van der Waals surface area contributed by atoms with Crippen LogP contribution in [0.3, 0.4) is 0 Å². The molecule has 6 heteroatoms. The number of amides is 1. The summed E-state index contributed by atoms with van der Waals surface area (Å²) in [4.78, 5) is 11.5. The third-order valence-electron chi connectivity index (χ3n) is 5.30. The number of nitrogens with zero attached hydrogens (tertiary/aromatic N) is 1. The van der Waals surface area contributed by atoms with Gasteiger partial charge in [0, 0.05) is 29.3 Å². The largest absolute Gasteiger partial charge is 0.345 e. The summed E-state index contributed by atoms with van der Waals surface area (Å²) in [7, 11) is 0. The first-order chi connectivity index (χ1) is 13.2. The van der Waals surface area contributed by atoms with Crippen molar-refractivity contribution in [3.05, 3.63) is 63.3 Å². The predicted octanol–water partition coefficient (Wildman–Crippen LogP) is 6.23. The minimum absolute atomic E-state index is 0.0695. The zero-order valence-electron chi connectivity index (χ0n) is 16.6. The summed E-state index contributed by atoms with van der Waals surface area (Å²) in [6.07, 6.45) is 0. The molecule has 4 rings (SSSR count). The van der Waals surface area contributed by atoms with Crippen LogP contribution < -0.4 is 10.6 Å². The quantitative estimate of drug-likeness (QED) is 0.493. The van der Waals surface area contributed by atoms with Crippen LogP contribution in [0.5, 0.6) is 0 Å². The van der Waals surface area contributed by atoms with Gasteiger partial charge in [-0.3, -0.25) is 8.75 Å². The van der Waals surface area contributed by atoms with E-state index in [1.165, 1.54) is 18.1 Å². The first-order valence-corrected chi connectivity index (χ1v) is 10.4. The molecule has 2 heterocycles. The number of rotatable bonds is 2. The molecule has 0 atom stereocenters. The maximum atomic E-state index is 11.5. The average molecular weight is 410 g/mol. The fraction of sp³-hybridized carbons (Fsp3) is 0.273. The Morgan fingerprint density at radius 2 is 1.86 bits per heavy atom. The second-order valence-electron chi connectivity index (χ2n) is 7.87. The molecule has 0 saturated heterocycles. The number of aryl methyl sites for hydroxylation is 2. The van der Waals surface area contributed by atoms with E-state index in [1.54, 1.807) is 11.5 Å². The van der Waals surface area contributed by atoms with Gasteiger partial charge < -0.3 is 10.6 Å². The summed E-state index contributed by atoms with van der Waals surface area (Å²) in [6.45, 7) is 10.1. The molecule has 0 fully saturated rings. The van der Waals surface area contributed by atoms with Gasteiger partial charge in [-0.15, -0.1) is 0 Å². The third-order valence-corrected chi connectivity index (χ3v) is 6.87. The van der Waals surface area contributed by atoms with Crippen molar-refractivity contribution in [2.45, 2.75) is 40.0 Å². The molecule has 3 aromatic rings. The van der Waals surface area contributed by atoms with E-state index in [0.717, 1.165) is 37.8 Å². The maximum Gasteiger partial charge on any atom is 0.221 e. The number of anilines is 3. The summed E-state index contributed by atoms with van der Waals surface area (Å²) in [5.74, 6) is -0.0695. The molecule has 4 nitrogen and oxygen atoms in total. The van der Waals surface area contributed by atoms with Gasteiger partial charge in [-0.2, -0.15) is 0 Å². The van der Waals surface area contributed by atoms with Crippen LogP contribution >= 0.6 is 23.8 Å². The Kier molecular flexibility index (Phi) is 4.43. The molecule has 1 amide bonds. The summed E-state index contributed by atoms with van der Waals surface area (Å²) >= 11 is 7.52. The van der Waals surface area contributed by atoms with E-state index in [-0.39, 0.29) is 11.3 Å². The fourth-order valence-electron chi connectivity index (χ4n) is 3.77. The van der Waals surface area contributed by atoms with Gasteiger partial charge in [0.2, 0.25) is 5.91 Å². The van der Waals surface area contributed by atoms with E-state index in [9.17, 15) is 4.79 Å². The zero-order chi connectivity index (χ0) is 20.2. The van der Waals surface area contributed by atoms with E-state index in [1.807, 2.05) is 13.0 Å². The Morgan fingerprint density at radius 3 is 2.50 bits per heavy atom. The summed E-state index contributed by atoms with van der Waals surface area (Å²) in [5.41, 5.74) is 7.28. The van der Waals surface area contributed by atoms with Crippen molar-refractivity contribution >= 4 is 46.0 Å². The number of nitrogens with one attached hydrogen (secondary N) is 2. The molecule has 144 valence electrons. The Balaban J connectivity index is 1.87. The van der Waals surface area contributed by atoms with Crippen LogP contribution in [0.2, 0.25) is 0 Å². The summed E-state index contributed by atoms with van der Waals surface area (Å²) < 4.78 is 2.96. The van der Waals surface area contributed by atoms with Crippen LogP contribution in [0, 0.1) is 18.5 Å². The average Bonchev–Trinajstić information content (AvgIpc) is 2.94. The Morgan fingerprint density at radius 1 is 1.18 bits per heavy atom. The van der Waals surface area contributed by atoms with Gasteiger partial charge in [0.05, 0.1) is 5.69 Å². The highest BCUT2D eigenvalue weighted by molar-refractivity contribution is 7.71. The molecule has 0 bridgehead atoms. The van der Waals surface area contributed by atoms with E-state index in [0.29, 0.717) is 0 Å². The summed E-state index contributed by atoms with van der Waals surface area (Å²) in [5, 5.41) is 7.54. The van der Waals surface area contributed by atoms with Gasteiger partial charge in [-0.05, 0) is 54.7 Å². The van der Waals surface area contributed by atoms with Crippen molar-refractivity contribution < 1.29 is 4.79 Å². The molecule has 1 aliphatic rings. The summed E-state index contributed by atoms with van der Waals surface area (Å²) in [6, 6.07) is 12.6. The number of fused-ring (bicyclic) bond motifs is 2. The lowest BCUT2D eigenvalue weighted by atomic mass is 9.76. The lowest BCUT2D eigenvalue weighted by Gasteiger charge is -2.33. The second-order valence-corrected chi connectivity index (χ2v) is 9.22. The minimum Gasteiger partial charge on any atom is -0.345 e. The Hall–Kier alpha value is -2.44. The van der Waals surface area contributed by atoms with Crippen LogP contribution in [-0.2, 0) is 10.2 Å². The SMILES string of the molecule is CC(=O)Nc1cc2c(cc1C)C(C)(C)c1c(sn(-c3ccc(C)cc3)c1=S)N2. The lowest BCUT2D eigenvalue weighted by molar-refractivity contribution is -0.114. The van der Waals surface area contributed by atoms with Crippen LogP contribution in [0.15, 0.2) is 36.4 Å². The van der Waals surface area contributed by atoms with Crippen molar-refractivity contribution in [1.29, 1.82) is 0 Å². The highest BCUT2D eigenvalue weighted by atomic mass is 32.1. The van der Waals surface area contributed by atoms with Gasteiger partial charge >= 0.3 is 0 Å². The Bertz CT molecular complexity index is 1150. The van der Waals surface area contributed by atoms with Crippen LogP contribution in [0.25, 0.3) is 5.69 Å². The number of hydrogen-bond donors (Lipinski definition) is 2. The maximum absolute atomic E-state index is 11.5. The monoisotopic (exact) mass is 409 g/mol. The Labute approximate surface area is 174 Å². The van der Waals surface area contributed by atoms with Crippen molar-refractivity contribution in [3.63, 3.8) is 0 Å². The number of carbonyl (C=O) groups excluding carboxylic acids is 1. The first-order valence-electron chi connectivity index (χ1n) is 9.22. The zero-order valence-corrected chi connectivity index (χ0v) is 18.3. The molecule has 1 aliphatic heterocycles. The van der Waals surface area contributed by atoms with Gasteiger partial charge in [0.25, 0.3) is 0 Å². The van der Waals surface area contributed by atoms with Crippen molar-refractivity contribution in [1.82, 2.24) is 3.96 Å². The van der Waals surface area contributed by atoms with Gasteiger partial charge in [-0.25, -0.2) is 0 Å². The normalized spacial score (nSPS) is 14.0. The van der Waals surface area contributed by atoms with Gasteiger partial charge in [0.15, 0.2) is 0 Å².